The van der Waals surface area contributed by atoms with Gasteiger partial charge in [0, 0.05) is 48.7 Å². The topological polar surface area (TPSA) is 247 Å². The Morgan fingerprint density at radius 2 is 1.59 bits per heavy atom. The molecule has 392 valence electrons. The summed E-state index contributed by atoms with van der Waals surface area (Å²) in [5.74, 6) is -3.91. The molecule has 0 bridgehead atoms. The fourth-order valence-electron chi connectivity index (χ4n) is 9.83. The molecule has 0 radical (unpaired) electrons. The number of fused-ring (bicyclic) bond motifs is 1. The van der Waals surface area contributed by atoms with Gasteiger partial charge in [-0.1, -0.05) is 74.7 Å². The number of hydrogen-bond donors (Lipinski definition) is 6. The van der Waals surface area contributed by atoms with E-state index in [4.69, 9.17) is 4.74 Å². The first-order valence-electron chi connectivity index (χ1n) is 25.3. The average Bonchev–Trinajstić information content (AvgIpc) is 4.08. The number of piperidine rings is 1. The molecule has 18 nitrogen and oxygen atoms in total. The number of aromatic nitrogens is 4. The van der Waals surface area contributed by atoms with Gasteiger partial charge in [-0.15, -0.1) is 5.10 Å². The van der Waals surface area contributed by atoms with E-state index in [1.807, 2.05) is 61.0 Å². The summed E-state index contributed by atoms with van der Waals surface area (Å²) in [5.41, 5.74) is 5.62. The zero-order chi connectivity index (χ0) is 53.2. The lowest BCUT2D eigenvalue weighted by molar-refractivity contribution is -0.140. The van der Waals surface area contributed by atoms with Crippen molar-refractivity contribution in [1.29, 1.82) is 0 Å². The summed E-state index contributed by atoms with van der Waals surface area (Å²) in [7, 11) is 0. The Morgan fingerprint density at radius 3 is 2.33 bits per heavy atom. The Morgan fingerprint density at radius 1 is 0.840 bits per heavy atom. The van der Waals surface area contributed by atoms with E-state index >= 15 is 0 Å². The first-order valence-corrected chi connectivity index (χ1v) is 25.3. The van der Waals surface area contributed by atoms with Crippen molar-refractivity contribution in [2.24, 2.45) is 0 Å². The van der Waals surface area contributed by atoms with E-state index in [0.717, 1.165) is 37.0 Å². The van der Waals surface area contributed by atoms with Crippen molar-refractivity contribution in [1.82, 2.24) is 29.8 Å². The molecule has 2 aliphatic heterocycles. The number of rotatable bonds is 25. The van der Waals surface area contributed by atoms with E-state index < -0.39 is 60.1 Å². The summed E-state index contributed by atoms with van der Waals surface area (Å²) in [6.07, 6.45) is 3.60. The number of aliphatic carboxylic acids is 1. The van der Waals surface area contributed by atoms with Crippen LogP contribution in [0.15, 0.2) is 103 Å². The summed E-state index contributed by atoms with van der Waals surface area (Å²) < 4.78 is 24.5. The van der Waals surface area contributed by atoms with Crippen LogP contribution in [0, 0.1) is 5.82 Å². The molecular weight excluding hydrogens is 964 g/mol. The van der Waals surface area contributed by atoms with E-state index in [9.17, 15) is 48.5 Å². The van der Waals surface area contributed by atoms with Crippen molar-refractivity contribution in [3.05, 3.63) is 137 Å². The average molecular weight is 1030 g/mol. The van der Waals surface area contributed by atoms with Crippen molar-refractivity contribution in [2.75, 3.05) is 17.2 Å². The molecule has 4 heterocycles. The molecule has 2 aliphatic rings. The van der Waals surface area contributed by atoms with E-state index in [-0.39, 0.29) is 61.8 Å². The number of anilines is 2. The number of nitrogens with zero attached hydrogens (tertiary/aromatic N) is 5. The van der Waals surface area contributed by atoms with Gasteiger partial charge >= 0.3 is 5.97 Å². The predicted molar refractivity (Wildman–Crippen MR) is 276 cm³/mol. The molecule has 6 N–H and O–H groups in total. The molecule has 19 heteroatoms. The van der Waals surface area contributed by atoms with Crippen LogP contribution in [0.1, 0.15) is 126 Å². The summed E-state index contributed by atoms with van der Waals surface area (Å²) >= 11 is 0. The number of aryl methyl sites for hydroxylation is 1. The van der Waals surface area contributed by atoms with E-state index in [1.54, 1.807) is 53.2 Å². The lowest BCUT2D eigenvalue weighted by Crippen LogP contribution is -2.54. The molecule has 5 amide bonds. The molecule has 1 saturated heterocycles. The highest BCUT2D eigenvalue weighted by Gasteiger charge is 2.45. The van der Waals surface area contributed by atoms with Crippen LogP contribution in [0.5, 0.6) is 5.75 Å². The van der Waals surface area contributed by atoms with Crippen molar-refractivity contribution in [3.63, 3.8) is 0 Å². The number of aliphatic hydroxyl groups is 2. The number of imide groups is 2. The number of para-hydroxylation sites is 1. The van der Waals surface area contributed by atoms with Crippen molar-refractivity contribution < 1.29 is 53.2 Å². The maximum Gasteiger partial charge on any atom is 0.305 e. The molecule has 4 aromatic carbocycles. The van der Waals surface area contributed by atoms with Gasteiger partial charge in [0.2, 0.25) is 11.8 Å². The number of carboxylic acid groups (broad SMARTS) is 1. The highest BCUT2D eigenvalue weighted by atomic mass is 19.1. The maximum atomic E-state index is 14.7. The Balaban J connectivity index is 0.904. The van der Waals surface area contributed by atoms with Gasteiger partial charge in [0.25, 0.3) is 17.7 Å². The second-order valence-corrected chi connectivity index (χ2v) is 19.2. The zero-order valence-corrected chi connectivity index (χ0v) is 41.8. The Bertz CT molecular complexity index is 3050. The van der Waals surface area contributed by atoms with Crippen LogP contribution in [0.4, 0.5) is 15.8 Å². The molecule has 75 heavy (non-hydrogen) atoms. The second-order valence-electron chi connectivity index (χ2n) is 19.2. The Kier molecular flexibility index (Phi) is 17.3. The Hall–Kier alpha value is -8.03. The number of carbonyl (C=O) groups excluding carboxylic acids is 5. The fourth-order valence-corrected chi connectivity index (χ4v) is 9.83. The Labute approximate surface area is 432 Å². The number of ether oxygens (including phenoxy) is 1. The van der Waals surface area contributed by atoms with Gasteiger partial charge in [0.05, 0.1) is 47.2 Å². The normalized spacial score (nSPS) is 15.2. The number of hydrogen-bond acceptors (Lipinski definition) is 12. The van der Waals surface area contributed by atoms with Crippen molar-refractivity contribution in [3.8, 4) is 28.1 Å². The first-order chi connectivity index (χ1) is 36.2. The van der Waals surface area contributed by atoms with Gasteiger partial charge in [-0.2, -0.15) is 0 Å². The van der Waals surface area contributed by atoms with Crippen LogP contribution in [0.25, 0.3) is 22.4 Å². The van der Waals surface area contributed by atoms with Gasteiger partial charge in [0.1, 0.15) is 29.9 Å². The number of carbonyl (C=O) groups is 6. The number of unbranched alkanes of at least 4 members (excludes halogenated alkanes) is 4. The standard InChI is InChI=1S/C56H61FN8O10/c1-34(2)51-50(54(72)59-38-14-7-6-8-15-38)48(52(35-19-21-37(57)22-20-35)64(51)28-25-40(66)30-41(67)31-47(69)70)36-13-11-16-42(29-36)75-33-39-32-63(62-61-39)27-10-5-3-4-9-26-58-44-18-12-17-43-49(44)56(74)65(55(43)73)45-23-24-46(68)60-53(45)71/h6-8,11-22,29,32,34,40-41,45,58,66-67H,3-5,9-10,23-28,30-31,33H2,1-2H3,(H,59,72)(H,69,70)(H,60,68,71)/t40-,41-,45?/m1/s1. The summed E-state index contributed by atoms with van der Waals surface area (Å²) in [5, 5.41) is 47.8. The van der Waals surface area contributed by atoms with Crippen molar-refractivity contribution in [2.45, 2.75) is 122 Å². The first kappa shape index (κ1) is 53.3. The molecular formula is C56H61FN8O10. The monoisotopic (exact) mass is 1020 g/mol. The quantitative estimate of drug-likeness (QED) is 0.0236. The van der Waals surface area contributed by atoms with Gasteiger partial charge < -0.3 is 35.3 Å². The SMILES string of the molecule is CC(C)c1c(C(=O)Nc2ccccc2)c(-c2cccc(OCc3cn(CCCCCCCNc4cccc5c4C(=O)N(C4CCC(=O)NC4=O)C5=O)nn3)c2)c(-c2ccc(F)cc2)n1CC[C@@H](O)C[C@@H](O)CC(=O)O. The van der Waals surface area contributed by atoms with Gasteiger partial charge in [-0.05, 0) is 110 Å². The van der Waals surface area contributed by atoms with Crippen LogP contribution in [0.2, 0.25) is 0 Å². The highest BCUT2D eigenvalue weighted by Crippen LogP contribution is 2.44. The third-order valence-corrected chi connectivity index (χ3v) is 13.3. The van der Waals surface area contributed by atoms with Crippen LogP contribution in [0.3, 0.4) is 0 Å². The lowest BCUT2D eigenvalue weighted by atomic mass is 9.94. The molecule has 1 fully saturated rings. The lowest BCUT2D eigenvalue weighted by Gasteiger charge is -2.27. The summed E-state index contributed by atoms with van der Waals surface area (Å²) in [6, 6.07) is 26.3. The smallest absolute Gasteiger partial charge is 0.305 e. The molecule has 2 aromatic heterocycles. The predicted octanol–water partition coefficient (Wildman–Crippen LogP) is 7.95. The fraction of sp³-hybridized carbons (Fsp3) is 0.357. The van der Waals surface area contributed by atoms with Gasteiger partial charge in [-0.25, -0.2) is 4.39 Å². The largest absolute Gasteiger partial charge is 0.487 e. The van der Waals surface area contributed by atoms with Crippen LogP contribution < -0.4 is 20.7 Å². The minimum atomic E-state index is -1.25. The van der Waals surface area contributed by atoms with Crippen LogP contribution >= 0.6 is 0 Å². The second kappa shape index (κ2) is 24.3. The molecule has 0 aliphatic carbocycles. The number of benzene rings is 4. The summed E-state index contributed by atoms with van der Waals surface area (Å²) in [6.45, 7) is 5.42. The molecule has 0 spiro atoms. The van der Waals surface area contributed by atoms with Crippen molar-refractivity contribution >= 4 is 46.9 Å². The van der Waals surface area contributed by atoms with E-state index in [1.165, 1.54) is 12.1 Å². The molecule has 8 rings (SSSR count). The molecule has 6 aromatic rings. The van der Waals surface area contributed by atoms with Crippen LogP contribution in [-0.2, 0) is 34.1 Å². The number of nitrogens with one attached hydrogen (secondary N) is 3. The minimum Gasteiger partial charge on any atom is -0.487 e. The molecule has 1 unspecified atom stereocenters. The maximum absolute atomic E-state index is 14.7. The number of carboxylic acids is 1. The van der Waals surface area contributed by atoms with E-state index in [2.05, 4.69) is 26.3 Å². The third-order valence-electron chi connectivity index (χ3n) is 13.3. The number of amides is 5. The van der Waals surface area contributed by atoms with Crippen LogP contribution in [-0.4, -0.2) is 100 Å². The highest BCUT2D eigenvalue weighted by molar-refractivity contribution is 6.25. The molecule has 0 saturated carbocycles. The summed E-state index contributed by atoms with van der Waals surface area (Å²) in [4.78, 5) is 77.6. The minimum absolute atomic E-state index is 0.0532. The van der Waals surface area contributed by atoms with Gasteiger partial charge in [-0.3, -0.25) is 43.7 Å². The third kappa shape index (κ3) is 12.8. The van der Waals surface area contributed by atoms with Gasteiger partial charge in [0.15, 0.2) is 0 Å². The van der Waals surface area contributed by atoms with E-state index in [0.29, 0.717) is 69.5 Å². The number of aliphatic hydroxyl groups excluding tert-OH is 2. The zero-order valence-electron chi connectivity index (χ0n) is 41.8. The molecule has 3 atom stereocenters. The number of halogens is 1.